The van der Waals surface area contributed by atoms with Crippen molar-refractivity contribution >= 4 is 55.8 Å². The van der Waals surface area contributed by atoms with Crippen molar-refractivity contribution in [2.45, 2.75) is 18.9 Å². The van der Waals surface area contributed by atoms with Crippen LogP contribution in [0.4, 0.5) is 5.82 Å². The summed E-state index contributed by atoms with van der Waals surface area (Å²) < 4.78 is 7.17. The summed E-state index contributed by atoms with van der Waals surface area (Å²) in [5.41, 5.74) is 2.12. The second kappa shape index (κ2) is 10.8. The molecule has 4 aromatic rings. The number of likely N-dealkylation sites (tertiary alicyclic amines) is 1. The van der Waals surface area contributed by atoms with Gasteiger partial charge in [0.1, 0.15) is 12.4 Å². The molecule has 0 radical (unpaired) electrons. The van der Waals surface area contributed by atoms with Gasteiger partial charge in [-0.3, -0.25) is 4.79 Å². The maximum atomic E-state index is 11.5. The molecule has 0 aliphatic carbocycles. The Morgan fingerprint density at radius 2 is 2.19 bits per heavy atom. The molecule has 1 fully saturated rings. The number of anilines is 1. The Bertz CT molecular complexity index is 1420. The zero-order chi connectivity index (χ0) is 25.1. The minimum absolute atomic E-state index is 0.230. The highest BCUT2D eigenvalue weighted by atomic mass is 35.5. The van der Waals surface area contributed by atoms with Crippen molar-refractivity contribution in [2.75, 3.05) is 38.6 Å². The van der Waals surface area contributed by atoms with Gasteiger partial charge in [-0.15, -0.1) is 11.3 Å². The zero-order valence-electron chi connectivity index (χ0n) is 20.0. The van der Waals surface area contributed by atoms with E-state index in [-0.39, 0.29) is 11.9 Å². The van der Waals surface area contributed by atoms with Gasteiger partial charge in [0.2, 0.25) is 5.91 Å². The van der Waals surface area contributed by atoms with Crippen LogP contribution in [-0.4, -0.2) is 65.1 Å². The number of likely N-dealkylation sites (N-methyl/N-ethyl adjacent to an activating group) is 1. The Morgan fingerprint density at radius 1 is 1.31 bits per heavy atom. The van der Waals surface area contributed by atoms with Crippen molar-refractivity contribution in [3.63, 3.8) is 0 Å². The summed E-state index contributed by atoms with van der Waals surface area (Å²) >= 11 is 8.41. The maximum absolute atomic E-state index is 11.5. The third kappa shape index (κ3) is 5.13. The number of pyridine rings is 1. The minimum Gasteiger partial charge on any atom is -0.462 e. The molecule has 10 heteroatoms. The normalized spacial score (nSPS) is 15.9. The molecule has 1 aromatic carbocycles. The summed E-state index contributed by atoms with van der Waals surface area (Å²) in [5, 5.41) is 10.4. The highest BCUT2D eigenvalue weighted by Crippen LogP contribution is 2.37. The van der Waals surface area contributed by atoms with E-state index in [0.717, 1.165) is 35.0 Å². The third-order valence-corrected chi connectivity index (χ3v) is 7.58. The van der Waals surface area contributed by atoms with Crippen LogP contribution >= 0.6 is 22.9 Å². The van der Waals surface area contributed by atoms with Crippen LogP contribution in [0, 0.1) is 0 Å². The number of amides is 1. The number of rotatable bonds is 9. The number of nitrogens with zero attached hydrogens (tertiary/aromatic N) is 4. The molecule has 2 N–H and O–H groups in total. The molecule has 0 saturated carbocycles. The molecule has 3 aromatic heterocycles. The Hall–Kier alpha value is -3.27. The Morgan fingerprint density at radius 3 is 3.00 bits per heavy atom. The Balaban J connectivity index is 1.50. The van der Waals surface area contributed by atoms with Crippen LogP contribution in [0.25, 0.3) is 32.4 Å². The molecule has 1 atom stereocenters. The van der Waals surface area contributed by atoms with E-state index in [1.54, 1.807) is 11.3 Å². The van der Waals surface area contributed by atoms with Gasteiger partial charge >= 0.3 is 6.01 Å². The second-order valence-corrected chi connectivity index (χ2v) is 10.0. The van der Waals surface area contributed by atoms with Gasteiger partial charge in [0.25, 0.3) is 0 Å². The SMILES string of the molecule is C=CC(=O)NCCNc1nc(OC[C@@H]2CCCN2C)nc2nc(-c3cccc4ccsc34)c(Cl)cc12. The molecule has 4 heterocycles. The van der Waals surface area contributed by atoms with Crippen LogP contribution in [0.1, 0.15) is 12.8 Å². The third-order valence-electron chi connectivity index (χ3n) is 6.33. The number of ether oxygens (including phenoxy) is 1. The molecule has 186 valence electrons. The quantitative estimate of drug-likeness (QED) is 0.242. The smallest absolute Gasteiger partial charge is 0.320 e. The molecular formula is C26H27ClN6O2S. The number of hydrogen-bond donors (Lipinski definition) is 2. The summed E-state index contributed by atoms with van der Waals surface area (Å²) in [6.07, 6.45) is 3.48. The standard InChI is InChI=1S/C26H27ClN6O2S/c1-3-21(34)28-10-11-29-24-19-14-20(27)22(18-8-4-6-16-9-13-36-23(16)18)30-25(19)32-26(31-24)35-15-17-7-5-12-33(17)2/h3-4,6,8-9,13-14,17H,1,5,7,10-12,15H2,2H3,(H,28,34)(H,29,30,31,32)/t17-/m0/s1. The van der Waals surface area contributed by atoms with Gasteiger partial charge in [0.15, 0.2) is 5.65 Å². The van der Waals surface area contributed by atoms with Gasteiger partial charge in [-0.1, -0.05) is 36.4 Å². The number of carbonyl (C=O) groups is 1. The number of fused-ring (bicyclic) bond motifs is 2. The number of carbonyl (C=O) groups excluding carboxylic acids is 1. The van der Waals surface area contributed by atoms with Crippen LogP contribution in [0.3, 0.4) is 0 Å². The van der Waals surface area contributed by atoms with Gasteiger partial charge < -0.3 is 20.3 Å². The predicted octanol–water partition coefficient (Wildman–Crippen LogP) is 4.75. The summed E-state index contributed by atoms with van der Waals surface area (Å²) in [5.74, 6) is 0.323. The summed E-state index contributed by atoms with van der Waals surface area (Å²) in [6, 6.07) is 10.6. The Kier molecular flexibility index (Phi) is 7.31. The fourth-order valence-corrected chi connectivity index (χ4v) is 5.54. The predicted molar refractivity (Wildman–Crippen MR) is 146 cm³/mol. The van der Waals surface area contributed by atoms with Crippen LogP contribution in [-0.2, 0) is 4.79 Å². The van der Waals surface area contributed by atoms with E-state index < -0.39 is 0 Å². The van der Waals surface area contributed by atoms with Crippen LogP contribution in [0.5, 0.6) is 6.01 Å². The molecule has 36 heavy (non-hydrogen) atoms. The number of hydrogen-bond acceptors (Lipinski definition) is 8. The second-order valence-electron chi connectivity index (χ2n) is 8.70. The van der Waals surface area contributed by atoms with Crippen LogP contribution in [0.15, 0.2) is 48.4 Å². The van der Waals surface area contributed by atoms with Crippen LogP contribution < -0.4 is 15.4 Å². The highest BCUT2D eigenvalue weighted by molar-refractivity contribution is 7.17. The summed E-state index contributed by atoms with van der Waals surface area (Å²) in [6.45, 7) is 5.89. The van der Waals surface area contributed by atoms with Crippen molar-refractivity contribution in [1.82, 2.24) is 25.2 Å². The topological polar surface area (TPSA) is 92.3 Å². The summed E-state index contributed by atoms with van der Waals surface area (Å²) in [4.78, 5) is 27.9. The molecule has 5 rings (SSSR count). The first-order valence-corrected chi connectivity index (χ1v) is 13.1. The molecular weight excluding hydrogens is 496 g/mol. The lowest BCUT2D eigenvalue weighted by Crippen LogP contribution is -2.31. The highest BCUT2D eigenvalue weighted by Gasteiger charge is 2.22. The minimum atomic E-state index is -0.230. The van der Waals surface area contributed by atoms with Gasteiger partial charge in [0.05, 0.1) is 16.1 Å². The van der Waals surface area contributed by atoms with Crippen molar-refractivity contribution < 1.29 is 9.53 Å². The molecule has 0 bridgehead atoms. The van der Waals surface area contributed by atoms with E-state index in [4.69, 9.17) is 21.3 Å². The lowest BCUT2D eigenvalue weighted by molar-refractivity contribution is -0.116. The zero-order valence-corrected chi connectivity index (χ0v) is 21.5. The average Bonchev–Trinajstić information content (AvgIpc) is 3.53. The molecule has 0 spiro atoms. The summed E-state index contributed by atoms with van der Waals surface area (Å²) in [7, 11) is 2.10. The Labute approximate surface area is 218 Å². The number of halogens is 1. The van der Waals surface area contributed by atoms with Gasteiger partial charge in [-0.25, -0.2) is 4.98 Å². The molecule has 0 unspecified atom stereocenters. The van der Waals surface area contributed by atoms with Crippen molar-refractivity contribution in [3.05, 3.63) is 53.4 Å². The molecule has 1 saturated heterocycles. The van der Waals surface area contributed by atoms with E-state index in [1.165, 1.54) is 6.08 Å². The first-order chi connectivity index (χ1) is 17.5. The maximum Gasteiger partial charge on any atom is 0.320 e. The fourth-order valence-electron chi connectivity index (χ4n) is 4.38. The first kappa shape index (κ1) is 24.4. The monoisotopic (exact) mass is 522 g/mol. The van der Waals surface area contributed by atoms with Gasteiger partial charge in [-0.05, 0) is 55.4 Å². The lowest BCUT2D eigenvalue weighted by atomic mass is 10.1. The van der Waals surface area contributed by atoms with E-state index in [0.29, 0.717) is 53.3 Å². The number of nitrogens with one attached hydrogen (secondary N) is 2. The van der Waals surface area contributed by atoms with E-state index >= 15 is 0 Å². The largest absolute Gasteiger partial charge is 0.462 e. The molecule has 1 aliphatic rings. The van der Waals surface area contributed by atoms with Crippen LogP contribution in [0.2, 0.25) is 5.02 Å². The molecule has 8 nitrogen and oxygen atoms in total. The number of benzene rings is 1. The van der Waals surface area contributed by atoms with E-state index in [1.807, 2.05) is 18.2 Å². The number of thiophene rings is 1. The van der Waals surface area contributed by atoms with Crippen molar-refractivity contribution in [3.8, 4) is 17.3 Å². The van der Waals surface area contributed by atoms with E-state index in [9.17, 15) is 4.79 Å². The van der Waals surface area contributed by atoms with Crippen molar-refractivity contribution in [1.29, 1.82) is 0 Å². The molecule has 1 aliphatic heterocycles. The van der Waals surface area contributed by atoms with E-state index in [2.05, 4.69) is 56.6 Å². The molecule has 1 amide bonds. The average molecular weight is 523 g/mol. The van der Waals surface area contributed by atoms with Gasteiger partial charge in [-0.2, -0.15) is 9.97 Å². The van der Waals surface area contributed by atoms with Gasteiger partial charge in [0, 0.05) is 29.4 Å². The number of aromatic nitrogens is 3. The fraction of sp³-hybridized carbons (Fsp3) is 0.308. The first-order valence-electron chi connectivity index (χ1n) is 11.9. The lowest BCUT2D eigenvalue weighted by Gasteiger charge is -2.19. The van der Waals surface area contributed by atoms with Crippen molar-refractivity contribution in [2.24, 2.45) is 0 Å².